The van der Waals surface area contributed by atoms with Gasteiger partial charge >= 0.3 is 0 Å². The zero-order valence-electron chi connectivity index (χ0n) is 16.1. The van der Waals surface area contributed by atoms with Crippen LogP contribution >= 0.6 is 0 Å². The van der Waals surface area contributed by atoms with Crippen molar-refractivity contribution in [3.63, 3.8) is 0 Å². The monoisotopic (exact) mass is 384 g/mol. The normalized spacial score (nSPS) is 14.6. The van der Waals surface area contributed by atoms with E-state index in [0.717, 1.165) is 5.56 Å². The summed E-state index contributed by atoms with van der Waals surface area (Å²) in [6.07, 6.45) is 0. The molecule has 2 aromatic carbocycles. The molecule has 0 aliphatic carbocycles. The number of ether oxygens (including phenoxy) is 1. The van der Waals surface area contributed by atoms with Crippen LogP contribution in [-0.4, -0.2) is 55.6 Å². The Hall–Kier alpha value is -3.13. The first kappa shape index (κ1) is 19.6. The molecule has 0 aromatic heterocycles. The minimum absolute atomic E-state index is 0.108. The third-order valence-corrected chi connectivity index (χ3v) is 4.79. The van der Waals surface area contributed by atoms with E-state index in [1.165, 1.54) is 6.07 Å². The highest BCUT2D eigenvalue weighted by molar-refractivity contribution is 5.93. The van der Waals surface area contributed by atoms with Gasteiger partial charge in [-0.25, -0.2) is 0 Å². The van der Waals surface area contributed by atoms with Crippen molar-refractivity contribution in [1.29, 1.82) is 0 Å². The summed E-state index contributed by atoms with van der Waals surface area (Å²) in [5.74, 6) is 0.517. The summed E-state index contributed by atoms with van der Waals surface area (Å²) in [5, 5.41) is 14.1. The lowest BCUT2D eigenvalue weighted by Gasteiger charge is -2.35. The number of anilines is 2. The highest BCUT2D eigenvalue weighted by Crippen LogP contribution is 2.28. The molecule has 148 valence electrons. The number of hydrogen-bond acceptors (Lipinski definition) is 6. The van der Waals surface area contributed by atoms with E-state index in [9.17, 15) is 14.9 Å². The predicted octanol–water partition coefficient (Wildman–Crippen LogP) is 2.67. The van der Waals surface area contributed by atoms with Gasteiger partial charge in [-0.1, -0.05) is 18.2 Å². The number of carbonyl (C=O) groups is 1. The molecule has 3 rings (SSSR count). The van der Waals surface area contributed by atoms with Gasteiger partial charge in [0.1, 0.15) is 11.4 Å². The van der Waals surface area contributed by atoms with Crippen LogP contribution in [-0.2, 0) is 4.79 Å². The minimum atomic E-state index is -0.357. The van der Waals surface area contributed by atoms with Gasteiger partial charge in [-0.2, -0.15) is 0 Å². The Balaban J connectivity index is 1.57. The Morgan fingerprint density at radius 3 is 2.57 bits per heavy atom. The van der Waals surface area contributed by atoms with Crippen molar-refractivity contribution in [3.8, 4) is 5.75 Å². The second-order valence-electron chi connectivity index (χ2n) is 6.76. The molecule has 1 heterocycles. The number of nitro benzene ring substituents is 1. The van der Waals surface area contributed by atoms with Gasteiger partial charge in [-0.3, -0.25) is 19.8 Å². The molecule has 0 radical (unpaired) electrons. The average molecular weight is 384 g/mol. The first-order valence-corrected chi connectivity index (χ1v) is 9.13. The molecule has 0 bridgehead atoms. The Bertz CT molecular complexity index is 863. The van der Waals surface area contributed by atoms with Gasteiger partial charge in [0.05, 0.1) is 24.3 Å². The Kier molecular flexibility index (Phi) is 6.10. The van der Waals surface area contributed by atoms with Crippen LogP contribution in [0.25, 0.3) is 0 Å². The number of methoxy groups -OCH3 is 1. The summed E-state index contributed by atoms with van der Waals surface area (Å²) in [6, 6.07) is 12.4. The topological polar surface area (TPSA) is 88.0 Å². The molecule has 0 unspecified atom stereocenters. The number of carbonyl (C=O) groups excluding carboxylic acids is 1. The first-order valence-electron chi connectivity index (χ1n) is 9.13. The zero-order chi connectivity index (χ0) is 20.1. The summed E-state index contributed by atoms with van der Waals surface area (Å²) in [7, 11) is 1.57. The van der Waals surface area contributed by atoms with Gasteiger partial charge in [-0.15, -0.1) is 0 Å². The number of nitro groups is 1. The molecule has 0 atom stereocenters. The van der Waals surface area contributed by atoms with E-state index in [0.29, 0.717) is 43.3 Å². The lowest BCUT2D eigenvalue weighted by Crippen LogP contribution is -2.48. The summed E-state index contributed by atoms with van der Waals surface area (Å²) in [6.45, 7) is 4.80. The van der Waals surface area contributed by atoms with Crippen molar-refractivity contribution in [2.75, 3.05) is 50.1 Å². The van der Waals surface area contributed by atoms with Crippen LogP contribution in [0, 0.1) is 17.0 Å². The molecule has 1 fully saturated rings. The number of amides is 1. The zero-order valence-corrected chi connectivity index (χ0v) is 16.1. The number of para-hydroxylation sites is 2. The SMILES string of the molecule is COc1ccc(C)cc1NC(=O)CN1CCN(c2ccccc2[N+](=O)[O-])CC1. The third-order valence-electron chi connectivity index (χ3n) is 4.79. The van der Waals surface area contributed by atoms with Gasteiger partial charge in [0, 0.05) is 32.2 Å². The Labute approximate surface area is 163 Å². The van der Waals surface area contributed by atoms with Gasteiger partial charge in [0.25, 0.3) is 5.69 Å². The van der Waals surface area contributed by atoms with Crippen molar-refractivity contribution in [3.05, 3.63) is 58.1 Å². The number of nitrogens with one attached hydrogen (secondary N) is 1. The van der Waals surface area contributed by atoms with Gasteiger partial charge in [0.15, 0.2) is 0 Å². The number of rotatable bonds is 6. The van der Waals surface area contributed by atoms with Gasteiger partial charge in [0.2, 0.25) is 5.91 Å². The second kappa shape index (κ2) is 8.71. The highest BCUT2D eigenvalue weighted by atomic mass is 16.6. The molecule has 1 saturated heterocycles. The fourth-order valence-electron chi connectivity index (χ4n) is 3.35. The van der Waals surface area contributed by atoms with E-state index in [-0.39, 0.29) is 23.1 Å². The molecule has 8 heteroatoms. The van der Waals surface area contributed by atoms with E-state index in [2.05, 4.69) is 5.32 Å². The van der Waals surface area contributed by atoms with E-state index in [1.807, 2.05) is 34.9 Å². The molecule has 1 N–H and O–H groups in total. The third kappa shape index (κ3) is 4.58. The fraction of sp³-hybridized carbons (Fsp3) is 0.350. The van der Waals surface area contributed by atoms with Gasteiger partial charge in [-0.05, 0) is 30.7 Å². The van der Waals surface area contributed by atoms with E-state index < -0.39 is 0 Å². The standard InChI is InChI=1S/C20H24N4O4/c1-15-7-8-19(28-2)16(13-15)21-20(25)14-22-9-11-23(12-10-22)17-5-3-4-6-18(17)24(26)27/h3-8,13H,9-12,14H2,1-2H3,(H,21,25). The Morgan fingerprint density at radius 1 is 1.18 bits per heavy atom. The summed E-state index contributed by atoms with van der Waals surface area (Å²) < 4.78 is 5.29. The molecule has 2 aromatic rings. The van der Waals surface area contributed by atoms with Gasteiger partial charge < -0.3 is 15.0 Å². The van der Waals surface area contributed by atoms with Crippen molar-refractivity contribution >= 4 is 23.0 Å². The highest BCUT2D eigenvalue weighted by Gasteiger charge is 2.24. The average Bonchev–Trinajstić information content (AvgIpc) is 2.68. The van der Waals surface area contributed by atoms with Crippen molar-refractivity contribution in [1.82, 2.24) is 4.90 Å². The number of aryl methyl sites for hydroxylation is 1. The van der Waals surface area contributed by atoms with Crippen LogP contribution in [0.2, 0.25) is 0 Å². The molecular weight excluding hydrogens is 360 g/mol. The van der Waals surface area contributed by atoms with E-state index >= 15 is 0 Å². The maximum atomic E-state index is 12.4. The van der Waals surface area contributed by atoms with Crippen molar-refractivity contribution in [2.24, 2.45) is 0 Å². The number of nitrogens with zero attached hydrogens (tertiary/aromatic N) is 3. The van der Waals surface area contributed by atoms with Crippen LogP contribution in [0.5, 0.6) is 5.75 Å². The Morgan fingerprint density at radius 2 is 1.89 bits per heavy atom. The quantitative estimate of drug-likeness (QED) is 0.609. The lowest BCUT2D eigenvalue weighted by atomic mass is 10.2. The maximum Gasteiger partial charge on any atom is 0.292 e. The number of piperazine rings is 1. The van der Waals surface area contributed by atoms with Crippen LogP contribution in [0.15, 0.2) is 42.5 Å². The fourth-order valence-corrected chi connectivity index (χ4v) is 3.35. The maximum absolute atomic E-state index is 12.4. The molecular formula is C20H24N4O4. The van der Waals surface area contributed by atoms with Crippen molar-refractivity contribution < 1.29 is 14.5 Å². The minimum Gasteiger partial charge on any atom is -0.495 e. The summed E-state index contributed by atoms with van der Waals surface area (Å²) in [5.41, 5.74) is 2.43. The van der Waals surface area contributed by atoms with Crippen molar-refractivity contribution in [2.45, 2.75) is 6.92 Å². The summed E-state index contributed by atoms with van der Waals surface area (Å²) >= 11 is 0. The van der Waals surface area contributed by atoms with Crippen LogP contribution < -0.4 is 15.0 Å². The molecule has 0 spiro atoms. The number of benzene rings is 2. The summed E-state index contributed by atoms with van der Waals surface area (Å²) in [4.78, 5) is 27.4. The molecule has 8 nitrogen and oxygen atoms in total. The van der Waals surface area contributed by atoms with Crippen LogP contribution in [0.1, 0.15) is 5.56 Å². The molecule has 1 aliphatic heterocycles. The van der Waals surface area contributed by atoms with E-state index in [4.69, 9.17) is 4.74 Å². The predicted molar refractivity (Wildman–Crippen MR) is 108 cm³/mol. The molecule has 1 amide bonds. The smallest absolute Gasteiger partial charge is 0.292 e. The second-order valence-corrected chi connectivity index (χ2v) is 6.76. The molecule has 28 heavy (non-hydrogen) atoms. The van der Waals surface area contributed by atoms with E-state index in [1.54, 1.807) is 25.3 Å². The van der Waals surface area contributed by atoms with Crippen LogP contribution in [0.3, 0.4) is 0 Å². The first-order chi connectivity index (χ1) is 13.5. The lowest BCUT2D eigenvalue weighted by molar-refractivity contribution is -0.384. The largest absolute Gasteiger partial charge is 0.495 e. The number of hydrogen-bond donors (Lipinski definition) is 1. The molecule has 0 saturated carbocycles. The van der Waals surface area contributed by atoms with Crippen LogP contribution in [0.4, 0.5) is 17.1 Å². The molecule has 1 aliphatic rings.